The first kappa shape index (κ1) is 22.8. The third-order valence-electron chi connectivity index (χ3n) is 4.31. The van der Waals surface area contributed by atoms with Crippen LogP contribution < -0.4 is 19.5 Å². The summed E-state index contributed by atoms with van der Waals surface area (Å²) >= 11 is 0. The van der Waals surface area contributed by atoms with E-state index in [1.807, 2.05) is 24.3 Å². The molecule has 0 unspecified atom stereocenters. The molecule has 2 rings (SSSR count). The maximum Gasteiger partial charge on any atom is 0.331 e. The van der Waals surface area contributed by atoms with Gasteiger partial charge in [-0.2, -0.15) is 0 Å². The van der Waals surface area contributed by atoms with Crippen LogP contribution in [0.3, 0.4) is 0 Å². The van der Waals surface area contributed by atoms with Crippen molar-refractivity contribution in [3.8, 4) is 17.2 Å². The number of hydrogen-bond donors (Lipinski definition) is 1. The maximum absolute atomic E-state index is 12.1. The van der Waals surface area contributed by atoms with Gasteiger partial charge in [-0.3, -0.25) is 4.79 Å². The Morgan fingerprint density at radius 3 is 2.07 bits per heavy atom. The van der Waals surface area contributed by atoms with Crippen molar-refractivity contribution in [2.75, 3.05) is 33.3 Å². The van der Waals surface area contributed by atoms with Gasteiger partial charge in [-0.05, 0) is 23.1 Å². The molecule has 30 heavy (non-hydrogen) atoms. The van der Waals surface area contributed by atoms with E-state index >= 15 is 0 Å². The molecular formula is C23H27NO6. The molecule has 1 N–H and O–H groups in total. The number of amides is 1. The summed E-state index contributed by atoms with van der Waals surface area (Å²) < 4.78 is 20.7. The monoisotopic (exact) mass is 413 g/mol. The van der Waals surface area contributed by atoms with E-state index in [0.717, 1.165) is 5.56 Å². The summed E-state index contributed by atoms with van der Waals surface area (Å²) in [6.45, 7) is 3.81. The lowest BCUT2D eigenvalue weighted by Crippen LogP contribution is -2.20. The normalized spacial score (nSPS) is 10.7. The van der Waals surface area contributed by atoms with Crippen LogP contribution in [0.25, 0.3) is 6.08 Å². The smallest absolute Gasteiger partial charge is 0.331 e. The van der Waals surface area contributed by atoms with Crippen LogP contribution in [0.4, 0.5) is 5.69 Å². The van der Waals surface area contributed by atoms with E-state index in [2.05, 4.69) is 19.2 Å². The summed E-state index contributed by atoms with van der Waals surface area (Å²) in [5.41, 5.74) is 2.52. The Morgan fingerprint density at radius 2 is 1.57 bits per heavy atom. The molecule has 1 amide bonds. The summed E-state index contributed by atoms with van der Waals surface area (Å²) in [4.78, 5) is 24.0. The highest BCUT2D eigenvalue weighted by atomic mass is 16.5. The SMILES string of the molecule is COc1cc(NC(=O)COC(=O)/C=C/c2ccc(C(C)C)cc2)cc(OC)c1OC. The van der Waals surface area contributed by atoms with Crippen molar-refractivity contribution in [1.29, 1.82) is 0 Å². The number of methoxy groups -OCH3 is 3. The quantitative estimate of drug-likeness (QED) is 0.494. The molecule has 0 aromatic heterocycles. The average Bonchev–Trinajstić information content (AvgIpc) is 2.75. The number of nitrogens with one attached hydrogen (secondary N) is 1. The van der Waals surface area contributed by atoms with E-state index in [-0.39, 0.29) is 0 Å². The molecule has 2 aromatic rings. The fraction of sp³-hybridized carbons (Fsp3) is 0.304. The van der Waals surface area contributed by atoms with Gasteiger partial charge in [-0.1, -0.05) is 38.1 Å². The summed E-state index contributed by atoms with van der Waals surface area (Å²) in [7, 11) is 4.45. The number of hydrogen-bond acceptors (Lipinski definition) is 6. The molecular weight excluding hydrogens is 386 g/mol. The van der Waals surface area contributed by atoms with Gasteiger partial charge in [-0.25, -0.2) is 4.79 Å². The summed E-state index contributed by atoms with van der Waals surface area (Å²) in [5, 5.41) is 2.63. The predicted molar refractivity (Wildman–Crippen MR) is 115 cm³/mol. The molecule has 0 bridgehead atoms. The number of carbonyl (C=O) groups excluding carboxylic acids is 2. The Balaban J connectivity index is 1.91. The third-order valence-corrected chi connectivity index (χ3v) is 4.31. The number of carbonyl (C=O) groups is 2. The first-order valence-electron chi connectivity index (χ1n) is 9.42. The zero-order valence-electron chi connectivity index (χ0n) is 17.9. The molecule has 160 valence electrons. The van der Waals surface area contributed by atoms with Crippen molar-refractivity contribution in [1.82, 2.24) is 0 Å². The van der Waals surface area contributed by atoms with Crippen LogP contribution >= 0.6 is 0 Å². The standard InChI is InChI=1S/C23H27NO6/c1-15(2)17-9-6-16(7-10-17)8-11-22(26)30-14-21(25)24-18-12-19(27-3)23(29-5)20(13-18)28-4/h6-13,15H,14H2,1-5H3,(H,24,25)/b11-8+. The van der Waals surface area contributed by atoms with Crippen LogP contribution in [0.1, 0.15) is 30.9 Å². The van der Waals surface area contributed by atoms with Gasteiger partial charge >= 0.3 is 5.97 Å². The Bertz CT molecular complexity index is 877. The lowest BCUT2D eigenvalue weighted by molar-refractivity contribution is -0.142. The highest BCUT2D eigenvalue weighted by molar-refractivity contribution is 5.95. The second-order valence-electron chi connectivity index (χ2n) is 6.72. The zero-order chi connectivity index (χ0) is 22.1. The van der Waals surface area contributed by atoms with Crippen molar-refractivity contribution < 1.29 is 28.5 Å². The van der Waals surface area contributed by atoms with Gasteiger partial charge in [0, 0.05) is 23.9 Å². The fourth-order valence-electron chi connectivity index (χ4n) is 2.69. The number of benzene rings is 2. The molecule has 0 heterocycles. The maximum atomic E-state index is 12.1. The molecule has 2 aromatic carbocycles. The molecule has 0 atom stereocenters. The van der Waals surface area contributed by atoms with Crippen molar-refractivity contribution in [3.63, 3.8) is 0 Å². The van der Waals surface area contributed by atoms with Gasteiger partial charge in [0.15, 0.2) is 18.1 Å². The van der Waals surface area contributed by atoms with Crippen LogP contribution in [0.15, 0.2) is 42.5 Å². The predicted octanol–water partition coefficient (Wildman–Crippen LogP) is 4.03. The van der Waals surface area contributed by atoms with E-state index < -0.39 is 18.5 Å². The van der Waals surface area contributed by atoms with Crippen molar-refractivity contribution in [3.05, 3.63) is 53.6 Å². The summed E-state index contributed by atoms with van der Waals surface area (Å²) in [6, 6.07) is 11.1. The molecule has 0 spiro atoms. The van der Waals surface area contributed by atoms with Crippen LogP contribution in [0.5, 0.6) is 17.2 Å². The van der Waals surface area contributed by atoms with Crippen molar-refractivity contribution in [2.24, 2.45) is 0 Å². The van der Waals surface area contributed by atoms with Crippen LogP contribution in [0.2, 0.25) is 0 Å². The van der Waals surface area contributed by atoms with Crippen LogP contribution in [-0.4, -0.2) is 39.8 Å². The van der Waals surface area contributed by atoms with E-state index in [9.17, 15) is 9.59 Å². The Labute approximate surface area is 176 Å². The van der Waals surface area contributed by atoms with Crippen molar-refractivity contribution in [2.45, 2.75) is 19.8 Å². The minimum Gasteiger partial charge on any atom is -0.493 e. The fourth-order valence-corrected chi connectivity index (χ4v) is 2.69. The summed E-state index contributed by atoms with van der Waals surface area (Å²) in [6.07, 6.45) is 2.93. The van der Waals surface area contributed by atoms with Gasteiger partial charge in [0.05, 0.1) is 21.3 Å². The first-order valence-corrected chi connectivity index (χ1v) is 9.42. The molecule has 7 nitrogen and oxygen atoms in total. The van der Waals surface area contributed by atoms with E-state index in [0.29, 0.717) is 28.9 Å². The molecule has 0 aliphatic heterocycles. The second-order valence-corrected chi connectivity index (χ2v) is 6.72. The minimum atomic E-state index is -0.608. The van der Waals surface area contributed by atoms with E-state index in [4.69, 9.17) is 18.9 Å². The van der Waals surface area contributed by atoms with Gasteiger partial charge < -0.3 is 24.3 Å². The lowest BCUT2D eigenvalue weighted by Gasteiger charge is -2.14. The van der Waals surface area contributed by atoms with Gasteiger partial charge in [-0.15, -0.1) is 0 Å². The minimum absolute atomic E-state index is 0.399. The highest BCUT2D eigenvalue weighted by Gasteiger charge is 2.15. The summed E-state index contributed by atoms with van der Waals surface area (Å²) in [5.74, 6) is 0.551. The van der Waals surface area contributed by atoms with E-state index in [1.54, 1.807) is 18.2 Å². The topological polar surface area (TPSA) is 83.1 Å². The third kappa shape index (κ3) is 6.27. The Morgan fingerprint density at radius 1 is 0.967 bits per heavy atom. The zero-order valence-corrected chi connectivity index (χ0v) is 17.9. The molecule has 0 radical (unpaired) electrons. The molecule has 0 aliphatic rings. The molecule has 0 saturated carbocycles. The molecule has 0 fully saturated rings. The van der Waals surface area contributed by atoms with Gasteiger partial charge in [0.25, 0.3) is 5.91 Å². The van der Waals surface area contributed by atoms with Crippen molar-refractivity contribution >= 4 is 23.6 Å². The molecule has 0 saturated heterocycles. The first-order chi connectivity index (χ1) is 14.4. The van der Waals surface area contributed by atoms with Crippen LogP contribution in [0, 0.1) is 0 Å². The second kappa shape index (κ2) is 10.9. The van der Waals surface area contributed by atoms with Gasteiger partial charge in [0.2, 0.25) is 5.75 Å². The Kier molecular flexibility index (Phi) is 8.29. The number of anilines is 1. The molecule has 0 aliphatic carbocycles. The highest BCUT2D eigenvalue weighted by Crippen LogP contribution is 2.39. The number of rotatable bonds is 9. The average molecular weight is 413 g/mol. The largest absolute Gasteiger partial charge is 0.493 e. The lowest BCUT2D eigenvalue weighted by atomic mass is 10.0. The van der Waals surface area contributed by atoms with Gasteiger partial charge in [0.1, 0.15) is 0 Å². The van der Waals surface area contributed by atoms with Crippen LogP contribution in [-0.2, 0) is 14.3 Å². The number of esters is 1. The molecule has 7 heteroatoms. The van der Waals surface area contributed by atoms with E-state index in [1.165, 1.54) is 33.0 Å². The Hall–Kier alpha value is -3.48. The number of ether oxygens (including phenoxy) is 4.